The zero-order chi connectivity index (χ0) is 14.8. The van der Waals surface area contributed by atoms with Gasteiger partial charge < -0.3 is 15.2 Å². The molecule has 4 heteroatoms. The number of aliphatic hydroxyl groups is 1. The molecule has 114 valence electrons. The Morgan fingerprint density at radius 3 is 2.90 bits per heavy atom. The number of hydrogen-bond acceptors (Lipinski definition) is 3. The molecule has 1 amide bonds. The Morgan fingerprint density at radius 2 is 2.14 bits per heavy atom. The minimum Gasteiger partial charge on any atom is -0.497 e. The number of benzene rings is 1. The van der Waals surface area contributed by atoms with Crippen molar-refractivity contribution in [2.75, 3.05) is 7.11 Å². The maximum absolute atomic E-state index is 12.3. The third kappa shape index (κ3) is 3.21. The van der Waals surface area contributed by atoms with Gasteiger partial charge in [0.2, 0.25) is 5.91 Å². The van der Waals surface area contributed by atoms with Crippen molar-refractivity contribution in [1.29, 1.82) is 0 Å². The Bertz CT molecular complexity index is 517. The lowest BCUT2D eigenvalue weighted by molar-refractivity contribution is -0.124. The predicted octanol–water partition coefficient (Wildman–Crippen LogP) is 2.22. The van der Waals surface area contributed by atoms with Crippen LogP contribution in [0, 0.1) is 5.92 Å². The number of aliphatic hydroxyl groups excluding tert-OH is 1. The number of amides is 1. The molecule has 0 aliphatic heterocycles. The van der Waals surface area contributed by atoms with E-state index in [9.17, 15) is 9.90 Å². The molecule has 0 saturated heterocycles. The van der Waals surface area contributed by atoms with Crippen molar-refractivity contribution in [2.24, 2.45) is 5.92 Å². The van der Waals surface area contributed by atoms with Crippen molar-refractivity contribution in [3.8, 4) is 5.75 Å². The van der Waals surface area contributed by atoms with Gasteiger partial charge in [-0.25, -0.2) is 0 Å². The highest BCUT2D eigenvalue weighted by molar-refractivity contribution is 5.83. The molecule has 21 heavy (non-hydrogen) atoms. The lowest BCUT2D eigenvalue weighted by Crippen LogP contribution is -2.45. The molecule has 4 nitrogen and oxygen atoms in total. The van der Waals surface area contributed by atoms with Crippen LogP contribution in [0.5, 0.6) is 5.75 Å². The van der Waals surface area contributed by atoms with Gasteiger partial charge in [-0.1, -0.05) is 25.0 Å². The van der Waals surface area contributed by atoms with Gasteiger partial charge in [-0.05, 0) is 42.9 Å². The number of hydrogen-bond donors (Lipinski definition) is 2. The molecule has 0 radical (unpaired) electrons. The van der Waals surface area contributed by atoms with Crippen LogP contribution in [-0.2, 0) is 4.79 Å². The molecule has 1 aromatic rings. The second-order valence-electron chi connectivity index (χ2n) is 6.19. The quantitative estimate of drug-likeness (QED) is 0.893. The molecule has 2 saturated carbocycles. The standard InChI is InChI=1S/C17H23NO3/c1-21-12-6-4-5-11(9-12)13-10-14(13)17(20)18-15-7-2-3-8-16(15)19/h4-6,9,13-16,19H,2-3,7-8,10H2,1H3,(H,18,20). The molecule has 2 fully saturated rings. The van der Waals surface area contributed by atoms with Gasteiger partial charge in [-0.2, -0.15) is 0 Å². The first kappa shape index (κ1) is 14.4. The highest BCUT2D eigenvalue weighted by Crippen LogP contribution is 2.48. The van der Waals surface area contributed by atoms with E-state index in [1.54, 1.807) is 7.11 Å². The van der Waals surface area contributed by atoms with E-state index in [4.69, 9.17) is 4.74 Å². The van der Waals surface area contributed by atoms with Crippen LogP contribution >= 0.6 is 0 Å². The summed E-state index contributed by atoms with van der Waals surface area (Å²) in [5.41, 5.74) is 1.17. The molecule has 4 unspecified atom stereocenters. The monoisotopic (exact) mass is 289 g/mol. The summed E-state index contributed by atoms with van der Waals surface area (Å²) in [4.78, 5) is 12.3. The van der Waals surface area contributed by atoms with Gasteiger partial charge in [0, 0.05) is 5.92 Å². The third-order valence-corrected chi connectivity index (χ3v) is 4.71. The fraction of sp³-hybridized carbons (Fsp3) is 0.588. The predicted molar refractivity (Wildman–Crippen MR) is 80.2 cm³/mol. The maximum Gasteiger partial charge on any atom is 0.224 e. The van der Waals surface area contributed by atoms with E-state index < -0.39 is 0 Å². The second-order valence-corrected chi connectivity index (χ2v) is 6.19. The number of nitrogens with one attached hydrogen (secondary N) is 1. The SMILES string of the molecule is COc1cccc(C2CC2C(=O)NC2CCCCC2O)c1. The molecule has 2 aliphatic carbocycles. The third-order valence-electron chi connectivity index (χ3n) is 4.71. The van der Waals surface area contributed by atoms with E-state index in [0.29, 0.717) is 5.92 Å². The van der Waals surface area contributed by atoms with Crippen molar-refractivity contribution < 1.29 is 14.6 Å². The first-order valence-electron chi connectivity index (χ1n) is 7.81. The number of carbonyl (C=O) groups is 1. The van der Waals surface area contributed by atoms with Crippen LogP contribution in [0.15, 0.2) is 24.3 Å². The van der Waals surface area contributed by atoms with Crippen molar-refractivity contribution in [2.45, 2.75) is 50.2 Å². The average Bonchev–Trinajstić information content (AvgIpc) is 3.30. The van der Waals surface area contributed by atoms with Gasteiger partial charge in [-0.15, -0.1) is 0 Å². The highest BCUT2D eigenvalue weighted by atomic mass is 16.5. The van der Waals surface area contributed by atoms with Crippen LogP contribution < -0.4 is 10.1 Å². The first-order valence-corrected chi connectivity index (χ1v) is 7.81. The number of methoxy groups -OCH3 is 1. The summed E-state index contributed by atoms with van der Waals surface area (Å²) in [6, 6.07) is 7.88. The van der Waals surface area contributed by atoms with E-state index in [-0.39, 0.29) is 24.0 Å². The lowest BCUT2D eigenvalue weighted by Gasteiger charge is -2.28. The normalized spacial score (nSPS) is 31.5. The summed E-state index contributed by atoms with van der Waals surface area (Å²) in [6.45, 7) is 0. The summed E-state index contributed by atoms with van der Waals surface area (Å²) in [6.07, 6.45) is 4.35. The number of ether oxygens (including phenoxy) is 1. The van der Waals surface area contributed by atoms with Crippen molar-refractivity contribution in [1.82, 2.24) is 5.32 Å². The Kier molecular flexibility index (Phi) is 4.15. The second kappa shape index (κ2) is 6.06. The van der Waals surface area contributed by atoms with Gasteiger partial charge in [0.25, 0.3) is 0 Å². The average molecular weight is 289 g/mol. The van der Waals surface area contributed by atoms with Crippen molar-refractivity contribution in [3.63, 3.8) is 0 Å². The summed E-state index contributed by atoms with van der Waals surface area (Å²) >= 11 is 0. The number of carbonyl (C=O) groups excluding carboxylic acids is 1. The van der Waals surface area contributed by atoms with Gasteiger partial charge in [0.1, 0.15) is 5.75 Å². The minimum absolute atomic E-state index is 0.0474. The summed E-state index contributed by atoms with van der Waals surface area (Å²) in [5.74, 6) is 1.27. The molecule has 1 aromatic carbocycles. The van der Waals surface area contributed by atoms with Gasteiger partial charge in [0.05, 0.1) is 19.3 Å². The van der Waals surface area contributed by atoms with Crippen molar-refractivity contribution >= 4 is 5.91 Å². The van der Waals surface area contributed by atoms with Crippen LogP contribution in [0.1, 0.15) is 43.6 Å². The van der Waals surface area contributed by atoms with E-state index in [1.165, 1.54) is 5.56 Å². The summed E-state index contributed by atoms with van der Waals surface area (Å²) in [5, 5.41) is 13.0. The smallest absolute Gasteiger partial charge is 0.224 e. The maximum atomic E-state index is 12.3. The zero-order valence-corrected chi connectivity index (χ0v) is 12.4. The fourth-order valence-corrected chi connectivity index (χ4v) is 3.29. The zero-order valence-electron chi connectivity index (χ0n) is 12.4. The molecule has 2 N–H and O–H groups in total. The number of rotatable bonds is 4. The Balaban J connectivity index is 1.58. The summed E-state index contributed by atoms with van der Waals surface area (Å²) < 4.78 is 5.23. The van der Waals surface area contributed by atoms with Crippen LogP contribution in [0.2, 0.25) is 0 Å². The van der Waals surface area contributed by atoms with Gasteiger partial charge >= 0.3 is 0 Å². The van der Waals surface area contributed by atoms with Crippen LogP contribution in [0.3, 0.4) is 0 Å². The van der Waals surface area contributed by atoms with Crippen LogP contribution in [-0.4, -0.2) is 30.3 Å². The Hall–Kier alpha value is -1.55. The van der Waals surface area contributed by atoms with Crippen molar-refractivity contribution in [3.05, 3.63) is 29.8 Å². The molecule has 0 aromatic heterocycles. The van der Waals surface area contributed by atoms with E-state index in [0.717, 1.165) is 37.9 Å². The Labute approximate surface area is 125 Å². The molecule has 0 bridgehead atoms. The van der Waals surface area contributed by atoms with E-state index in [2.05, 4.69) is 11.4 Å². The molecular weight excluding hydrogens is 266 g/mol. The molecule has 3 rings (SSSR count). The van der Waals surface area contributed by atoms with E-state index >= 15 is 0 Å². The lowest BCUT2D eigenvalue weighted by atomic mass is 9.92. The van der Waals surface area contributed by atoms with E-state index in [1.807, 2.05) is 18.2 Å². The molecule has 0 heterocycles. The highest BCUT2D eigenvalue weighted by Gasteiger charge is 2.44. The first-order chi connectivity index (χ1) is 10.2. The largest absolute Gasteiger partial charge is 0.497 e. The Morgan fingerprint density at radius 1 is 1.33 bits per heavy atom. The molecule has 4 atom stereocenters. The van der Waals surface area contributed by atoms with Gasteiger partial charge in [-0.3, -0.25) is 4.79 Å². The molecule has 2 aliphatic rings. The van der Waals surface area contributed by atoms with Crippen LogP contribution in [0.25, 0.3) is 0 Å². The topological polar surface area (TPSA) is 58.6 Å². The fourth-order valence-electron chi connectivity index (χ4n) is 3.29. The minimum atomic E-state index is -0.378. The van der Waals surface area contributed by atoms with Gasteiger partial charge in [0.15, 0.2) is 0 Å². The molecular formula is C17H23NO3. The molecule has 0 spiro atoms. The summed E-state index contributed by atoms with van der Waals surface area (Å²) in [7, 11) is 1.65. The van der Waals surface area contributed by atoms with Crippen LogP contribution in [0.4, 0.5) is 0 Å².